The van der Waals surface area contributed by atoms with Gasteiger partial charge in [0, 0.05) is 11.8 Å². The molecule has 4 saturated carbocycles. The van der Waals surface area contributed by atoms with Crippen LogP contribution in [0.5, 0.6) is 0 Å². The van der Waals surface area contributed by atoms with Crippen molar-refractivity contribution < 1.29 is 15.3 Å². The van der Waals surface area contributed by atoms with Crippen molar-refractivity contribution in [2.24, 2.45) is 28.6 Å². The third-order valence-corrected chi connectivity index (χ3v) is 8.62. The number of aliphatic hydroxyl groups is 3. The summed E-state index contributed by atoms with van der Waals surface area (Å²) in [5.41, 5.74) is -0.836. The third-order valence-electron chi connectivity index (χ3n) is 8.62. The molecular formula is C19H32O3. The minimum Gasteiger partial charge on any atom is -0.393 e. The molecule has 22 heavy (non-hydrogen) atoms. The molecule has 3 nitrogen and oxygen atoms in total. The van der Waals surface area contributed by atoms with Gasteiger partial charge in [0.2, 0.25) is 0 Å². The summed E-state index contributed by atoms with van der Waals surface area (Å²) >= 11 is 0. The minimum atomic E-state index is -1.09. The number of fused-ring (bicyclic) bond motifs is 5. The van der Waals surface area contributed by atoms with Gasteiger partial charge in [-0.3, -0.25) is 0 Å². The second-order valence-electron chi connectivity index (χ2n) is 9.45. The van der Waals surface area contributed by atoms with Crippen LogP contribution in [0.2, 0.25) is 0 Å². The van der Waals surface area contributed by atoms with Gasteiger partial charge in [0.25, 0.3) is 0 Å². The van der Waals surface area contributed by atoms with Crippen molar-refractivity contribution in [3.8, 4) is 0 Å². The molecule has 8 atom stereocenters. The maximum Gasteiger partial charge on any atom is 0.0985 e. The molecule has 0 heterocycles. The van der Waals surface area contributed by atoms with Crippen LogP contribution in [0, 0.1) is 28.6 Å². The molecule has 0 spiro atoms. The Morgan fingerprint density at radius 3 is 2.45 bits per heavy atom. The number of hydrogen-bond acceptors (Lipinski definition) is 3. The van der Waals surface area contributed by atoms with E-state index in [1.807, 2.05) is 0 Å². The van der Waals surface area contributed by atoms with Crippen LogP contribution >= 0.6 is 0 Å². The molecule has 4 rings (SSSR count). The maximum absolute atomic E-state index is 11.3. The lowest BCUT2D eigenvalue weighted by molar-refractivity contribution is -0.263. The molecule has 3 heteroatoms. The predicted octanol–water partition coefficient (Wildman–Crippen LogP) is 2.87. The quantitative estimate of drug-likeness (QED) is 0.645. The highest BCUT2D eigenvalue weighted by molar-refractivity contribution is 5.16. The Hall–Kier alpha value is -0.120. The van der Waals surface area contributed by atoms with Crippen molar-refractivity contribution in [3.63, 3.8) is 0 Å². The van der Waals surface area contributed by atoms with Crippen LogP contribution in [0.25, 0.3) is 0 Å². The van der Waals surface area contributed by atoms with Gasteiger partial charge < -0.3 is 15.3 Å². The van der Waals surface area contributed by atoms with Crippen molar-refractivity contribution in [3.05, 3.63) is 0 Å². The van der Waals surface area contributed by atoms with Gasteiger partial charge in [0.15, 0.2) is 0 Å². The zero-order chi connectivity index (χ0) is 15.8. The summed E-state index contributed by atoms with van der Waals surface area (Å²) in [5, 5.41) is 32.2. The number of rotatable bonds is 0. The second kappa shape index (κ2) is 4.70. The van der Waals surface area contributed by atoms with Gasteiger partial charge in [-0.2, -0.15) is 0 Å². The van der Waals surface area contributed by atoms with Gasteiger partial charge >= 0.3 is 0 Å². The summed E-state index contributed by atoms with van der Waals surface area (Å²) in [7, 11) is 0. The summed E-state index contributed by atoms with van der Waals surface area (Å²) in [6, 6.07) is 0. The van der Waals surface area contributed by atoms with E-state index in [2.05, 4.69) is 13.8 Å². The summed E-state index contributed by atoms with van der Waals surface area (Å²) in [6.07, 6.45) is 8.06. The molecule has 0 saturated heterocycles. The monoisotopic (exact) mass is 308 g/mol. The molecule has 3 N–H and O–H groups in total. The van der Waals surface area contributed by atoms with Crippen molar-refractivity contribution in [2.45, 2.75) is 89.4 Å². The molecule has 126 valence electrons. The van der Waals surface area contributed by atoms with Gasteiger partial charge in [-0.1, -0.05) is 20.3 Å². The van der Waals surface area contributed by atoms with Gasteiger partial charge in [0.1, 0.15) is 0 Å². The molecule has 0 radical (unpaired) electrons. The van der Waals surface area contributed by atoms with Crippen LogP contribution in [0.4, 0.5) is 0 Å². The first kappa shape index (κ1) is 15.4. The van der Waals surface area contributed by atoms with Gasteiger partial charge in [0.05, 0.1) is 17.8 Å². The second-order valence-corrected chi connectivity index (χ2v) is 9.45. The van der Waals surface area contributed by atoms with Crippen molar-refractivity contribution in [1.29, 1.82) is 0 Å². The Morgan fingerprint density at radius 2 is 1.68 bits per heavy atom. The Balaban J connectivity index is 1.71. The predicted molar refractivity (Wildman–Crippen MR) is 85.2 cm³/mol. The standard InChI is InChI=1S/C19H32O3/c1-17-7-3-4-14(17)13-10-16(21)19(22)11-12(20)5-9-18(19,2)15(13)6-8-17/h12-16,20-22H,3-11H2,1-2H3/t12-,13+,14+,15+,16-,17+,18+,19-/m0/s1. The van der Waals surface area contributed by atoms with E-state index in [1.54, 1.807) is 0 Å². The normalized spacial score (nSPS) is 61.2. The first-order valence-corrected chi connectivity index (χ1v) is 9.39. The van der Waals surface area contributed by atoms with E-state index in [4.69, 9.17) is 0 Å². The van der Waals surface area contributed by atoms with E-state index in [9.17, 15) is 15.3 Å². The largest absolute Gasteiger partial charge is 0.393 e. The average molecular weight is 308 g/mol. The van der Waals surface area contributed by atoms with E-state index in [-0.39, 0.29) is 5.41 Å². The van der Waals surface area contributed by atoms with Crippen LogP contribution < -0.4 is 0 Å². The lowest BCUT2D eigenvalue weighted by Gasteiger charge is -2.65. The van der Waals surface area contributed by atoms with E-state index in [0.717, 1.165) is 25.2 Å². The van der Waals surface area contributed by atoms with Crippen molar-refractivity contribution in [2.75, 3.05) is 0 Å². The lowest BCUT2D eigenvalue weighted by atomic mass is 9.43. The van der Waals surface area contributed by atoms with Crippen molar-refractivity contribution >= 4 is 0 Å². The molecule has 0 aromatic heterocycles. The fraction of sp³-hybridized carbons (Fsp3) is 1.00. The molecule has 4 fully saturated rings. The summed E-state index contributed by atoms with van der Waals surface area (Å²) in [4.78, 5) is 0. The molecule has 0 amide bonds. The van der Waals surface area contributed by atoms with Gasteiger partial charge in [-0.05, 0) is 68.1 Å². The lowest BCUT2D eigenvalue weighted by Crippen LogP contribution is -2.68. The Labute approximate surface area is 134 Å². The molecule has 0 unspecified atom stereocenters. The molecule has 0 aromatic rings. The Bertz CT molecular complexity index is 466. The zero-order valence-corrected chi connectivity index (χ0v) is 14.1. The minimum absolute atomic E-state index is 0.224. The summed E-state index contributed by atoms with van der Waals surface area (Å²) in [6.45, 7) is 4.66. The maximum atomic E-state index is 11.3. The van der Waals surface area contributed by atoms with Gasteiger partial charge in [-0.25, -0.2) is 0 Å². The van der Waals surface area contributed by atoms with Gasteiger partial charge in [-0.15, -0.1) is 0 Å². The molecular weight excluding hydrogens is 276 g/mol. The fourth-order valence-electron chi connectivity index (χ4n) is 7.25. The molecule has 4 aliphatic carbocycles. The van der Waals surface area contributed by atoms with Crippen LogP contribution in [0.15, 0.2) is 0 Å². The Morgan fingerprint density at radius 1 is 0.909 bits per heavy atom. The summed E-state index contributed by atoms with van der Waals surface area (Å²) < 4.78 is 0. The van der Waals surface area contributed by atoms with Crippen LogP contribution in [-0.4, -0.2) is 33.1 Å². The van der Waals surface area contributed by atoms with Crippen LogP contribution in [-0.2, 0) is 0 Å². The summed E-state index contributed by atoms with van der Waals surface area (Å²) in [5.74, 6) is 1.82. The average Bonchev–Trinajstić information content (AvgIpc) is 2.84. The highest BCUT2D eigenvalue weighted by atomic mass is 16.3. The van der Waals surface area contributed by atoms with E-state index < -0.39 is 17.8 Å². The fourth-order valence-corrected chi connectivity index (χ4v) is 7.25. The molecule has 0 aromatic carbocycles. The smallest absolute Gasteiger partial charge is 0.0985 e. The highest BCUT2D eigenvalue weighted by Crippen LogP contribution is 2.67. The molecule has 0 bridgehead atoms. The Kier molecular flexibility index (Phi) is 3.30. The third kappa shape index (κ3) is 1.79. The molecule has 4 aliphatic rings. The zero-order valence-electron chi connectivity index (χ0n) is 14.1. The van der Waals surface area contributed by atoms with E-state index >= 15 is 0 Å². The van der Waals surface area contributed by atoms with E-state index in [1.165, 1.54) is 32.1 Å². The van der Waals surface area contributed by atoms with E-state index in [0.29, 0.717) is 23.7 Å². The van der Waals surface area contributed by atoms with Crippen LogP contribution in [0.3, 0.4) is 0 Å². The highest BCUT2D eigenvalue weighted by Gasteiger charge is 2.66. The van der Waals surface area contributed by atoms with Crippen molar-refractivity contribution in [1.82, 2.24) is 0 Å². The topological polar surface area (TPSA) is 60.7 Å². The molecule has 0 aliphatic heterocycles. The van der Waals surface area contributed by atoms with Crippen LogP contribution in [0.1, 0.15) is 71.6 Å². The number of aliphatic hydroxyl groups excluding tert-OH is 2. The first-order valence-electron chi connectivity index (χ1n) is 9.39. The SMILES string of the molecule is C[C@]12CCC[C@@H]1[C@H]1C[C@H](O)[C@@]3(O)C[C@@H](O)CC[C@]3(C)[C@@H]1CC2. The number of hydrogen-bond donors (Lipinski definition) is 3. The first-order chi connectivity index (χ1) is 10.3.